The fraction of sp³-hybridized carbons (Fsp3) is 0.318. The van der Waals surface area contributed by atoms with Gasteiger partial charge in [-0.3, -0.25) is 14.4 Å². The highest BCUT2D eigenvalue weighted by molar-refractivity contribution is 6.34. The number of carbonyl (C=O) groups excluding carboxylic acids is 3. The van der Waals surface area contributed by atoms with Crippen molar-refractivity contribution in [3.8, 4) is 0 Å². The van der Waals surface area contributed by atoms with Crippen LogP contribution in [0.4, 0.5) is 11.4 Å². The van der Waals surface area contributed by atoms with Gasteiger partial charge in [0.05, 0.1) is 10.7 Å². The first-order chi connectivity index (χ1) is 13.7. The number of aryl methyl sites for hydroxylation is 1. The molecular weight excluding hydrogens is 390 g/mol. The van der Waals surface area contributed by atoms with Crippen molar-refractivity contribution in [2.24, 2.45) is 5.92 Å². The second-order valence-electron chi connectivity index (χ2n) is 7.15. The molecule has 2 aromatic rings. The van der Waals surface area contributed by atoms with Gasteiger partial charge in [-0.1, -0.05) is 50.1 Å². The second-order valence-corrected chi connectivity index (χ2v) is 7.56. The monoisotopic (exact) mass is 415 g/mol. The maximum Gasteiger partial charge on any atom is 0.251 e. The SMILES string of the molecule is CCC(=O)Nc1ccc(Cl)c(NC(=O)C(NC(=O)c2cccc(C)c2)C(C)C)c1. The van der Waals surface area contributed by atoms with Crippen molar-refractivity contribution in [1.82, 2.24) is 5.32 Å². The molecule has 0 aliphatic carbocycles. The molecule has 6 nitrogen and oxygen atoms in total. The molecule has 29 heavy (non-hydrogen) atoms. The molecule has 3 amide bonds. The maximum atomic E-state index is 12.9. The van der Waals surface area contributed by atoms with Gasteiger partial charge in [-0.05, 0) is 43.2 Å². The van der Waals surface area contributed by atoms with Crippen LogP contribution in [0, 0.1) is 12.8 Å². The van der Waals surface area contributed by atoms with Gasteiger partial charge < -0.3 is 16.0 Å². The van der Waals surface area contributed by atoms with Crippen molar-refractivity contribution in [2.45, 2.75) is 40.2 Å². The Morgan fingerprint density at radius 2 is 1.76 bits per heavy atom. The van der Waals surface area contributed by atoms with Crippen molar-refractivity contribution >= 4 is 40.7 Å². The van der Waals surface area contributed by atoms with Crippen LogP contribution in [0.2, 0.25) is 5.02 Å². The fourth-order valence-corrected chi connectivity index (χ4v) is 2.87. The molecule has 1 unspecified atom stereocenters. The molecule has 0 spiro atoms. The van der Waals surface area contributed by atoms with Crippen molar-refractivity contribution in [2.75, 3.05) is 10.6 Å². The maximum absolute atomic E-state index is 12.9. The Morgan fingerprint density at radius 1 is 1.03 bits per heavy atom. The lowest BCUT2D eigenvalue weighted by atomic mass is 10.0. The van der Waals surface area contributed by atoms with E-state index in [9.17, 15) is 14.4 Å². The molecule has 7 heteroatoms. The van der Waals surface area contributed by atoms with Crippen LogP contribution >= 0.6 is 11.6 Å². The highest BCUT2D eigenvalue weighted by Gasteiger charge is 2.25. The molecule has 0 aromatic heterocycles. The Morgan fingerprint density at radius 3 is 2.38 bits per heavy atom. The molecule has 0 saturated heterocycles. The van der Waals surface area contributed by atoms with E-state index in [0.717, 1.165) is 5.56 Å². The van der Waals surface area contributed by atoms with E-state index in [1.165, 1.54) is 0 Å². The molecule has 0 aliphatic heterocycles. The number of hydrogen-bond donors (Lipinski definition) is 3. The molecule has 0 heterocycles. The quantitative estimate of drug-likeness (QED) is 0.626. The fourth-order valence-electron chi connectivity index (χ4n) is 2.70. The van der Waals surface area contributed by atoms with E-state index in [1.54, 1.807) is 43.3 Å². The molecule has 3 N–H and O–H groups in total. The van der Waals surface area contributed by atoms with Crippen LogP contribution < -0.4 is 16.0 Å². The van der Waals surface area contributed by atoms with Crippen molar-refractivity contribution < 1.29 is 14.4 Å². The Bertz CT molecular complexity index is 912. The predicted octanol–water partition coefficient (Wildman–Crippen LogP) is 4.39. The number of anilines is 2. The summed E-state index contributed by atoms with van der Waals surface area (Å²) in [5.41, 5.74) is 2.34. The number of carbonyl (C=O) groups is 3. The van der Waals surface area contributed by atoms with Crippen LogP contribution in [-0.4, -0.2) is 23.8 Å². The highest BCUT2D eigenvalue weighted by atomic mass is 35.5. The zero-order valence-corrected chi connectivity index (χ0v) is 17.8. The van der Waals surface area contributed by atoms with Crippen LogP contribution in [0.5, 0.6) is 0 Å². The summed E-state index contributed by atoms with van der Waals surface area (Å²) < 4.78 is 0. The summed E-state index contributed by atoms with van der Waals surface area (Å²) in [6, 6.07) is 11.3. The third-order valence-corrected chi connectivity index (χ3v) is 4.67. The topological polar surface area (TPSA) is 87.3 Å². The Kier molecular flexibility index (Phi) is 7.79. The molecule has 1 atom stereocenters. The summed E-state index contributed by atoms with van der Waals surface area (Å²) in [6.07, 6.45) is 0.338. The van der Waals surface area contributed by atoms with E-state index < -0.39 is 6.04 Å². The zero-order chi connectivity index (χ0) is 21.6. The van der Waals surface area contributed by atoms with Gasteiger partial charge in [0, 0.05) is 17.7 Å². The molecule has 2 rings (SSSR count). The molecular formula is C22H26ClN3O3. The summed E-state index contributed by atoms with van der Waals surface area (Å²) >= 11 is 6.20. The minimum Gasteiger partial charge on any atom is -0.340 e. The van der Waals surface area contributed by atoms with Crippen molar-refractivity contribution in [3.63, 3.8) is 0 Å². The summed E-state index contributed by atoms with van der Waals surface area (Å²) in [7, 11) is 0. The van der Waals surface area contributed by atoms with E-state index in [-0.39, 0.29) is 23.6 Å². The lowest BCUT2D eigenvalue weighted by Gasteiger charge is -2.22. The van der Waals surface area contributed by atoms with E-state index in [1.807, 2.05) is 26.8 Å². The van der Waals surface area contributed by atoms with Crippen molar-refractivity contribution in [3.05, 3.63) is 58.6 Å². The molecule has 0 fully saturated rings. The van der Waals surface area contributed by atoms with Gasteiger partial charge in [0.2, 0.25) is 11.8 Å². The van der Waals surface area contributed by atoms with Gasteiger partial charge in [0.1, 0.15) is 6.04 Å². The Hall–Kier alpha value is -2.86. The lowest BCUT2D eigenvalue weighted by Crippen LogP contribution is -2.47. The van der Waals surface area contributed by atoms with E-state index in [4.69, 9.17) is 11.6 Å². The smallest absolute Gasteiger partial charge is 0.251 e. The van der Waals surface area contributed by atoms with Gasteiger partial charge >= 0.3 is 0 Å². The summed E-state index contributed by atoms with van der Waals surface area (Å²) in [5, 5.41) is 8.60. The highest BCUT2D eigenvalue weighted by Crippen LogP contribution is 2.26. The third kappa shape index (κ3) is 6.32. The van der Waals surface area contributed by atoms with Crippen LogP contribution in [0.25, 0.3) is 0 Å². The van der Waals surface area contributed by atoms with Gasteiger partial charge in [0.25, 0.3) is 5.91 Å². The predicted molar refractivity (Wildman–Crippen MR) is 116 cm³/mol. The molecule has 2 aromatic carbocycles. The second kappa shape index (κ2) is 10.1. The van der Waals surface area contributed by atoms with E-state index in [2.05, 4.69) is 16.0 Å². The standard InChI is InChI=1S/C22H26ClN3O3/c1-5-19(27)24-16-9-10-17(23)18(12-16)25-22(29)20(13(2)3)26-21(28)15-8-6-7-14(4)11-15/h6-13,20H,5H2,1-4H3,(H,24,27)(H,25,29)(H,26,28). The lowest BCUT2D eigenvalue weighted by molar-refractivity contribution is -0.119. The summed E-state index contributed by atoms with van der Waals surface area (Å²) in [6.45, 7) is 7.34. The zero-order valence-electron chi connectivity index (χ0n) is 17.0. The van der Waals surface area contributed by atoms with Gasteiger partial charge in [-0.25, -0.2) is 0 Å². The van der Waals surface area contributed by atoms with Crippen LogP contribution in [0.3, 0.4) is 0 Å². The summed E-state index contributed by atoms with van der Waals surface area (Å²) in [4.78, 5) is 37.0. The molecule has 154 valence electrons. The first kappa shape index (κ1) is 22.4. The number of hydrogen-bond acceptors (Lipinski definition) is 3. The average Bonchev–Trinajstić information content (AvgIpc) is 2.67. The minimum absolute atomic E-state index is 0.143. The Balaban J connectivity index is 2.16. The summed E-state index contributed by atoms with van der Waals surface area (Å²) in [5.74, 6) is -1.000. The van der Waals surface area contributed by atoms with Gasteiger partial charge in [0.15, 0.2) is 0 Å². The molecule has 0 saturated carbocycles. The number of amides is 3. The van der Waals surface area contributed by atoms with Crippen LogP contribution in [0.15, 0.2) is 42.5 Å². The third-order valence-electron chi connectivity index (χ3n) is 4.35. The van der Waals surface area contributed by atoms with Gasteiger partial charge in [-0.15, -0.1) is 0 Å². The first-order valence-corrected chi connectivity index (χ1v) is 9.86. The van der Waals surface area contributed by atoms with Crippen LogP contribution in [-0.2, 0) is 9.59 Å². The van der Waals surface area contributed by atoms with E-state index >= 15 is 0 Å². The first-order valence-electron chi connectivity index (χ1n) is 9.49. The normalized spacial score (nSPS) is 11.7. The largest absolute Gasteiger partial charge is 0.340 e. The van der Waals surface area contributed by atoms with Crippen LogP contribution in [0.1, 0.15) is 43.1 Å². The number of halogens is 1. The molecule has 0 aliphatic rings. The minimum atomic E-state index is -0.757. The van der Waals surface area contributed by atoms with Crippen molar-refractivity contribution in [1.29, 1.82) is 0 Å². The number of nitrogens with one attached hydrogen (secondary N) is 3. The molecule has 0 bridgehead atoms. The Labute approximate surface area is 176 Å². The average molecular weight is 416 g/mol. The molecule has 0 radical (unpaired) electrons. The number of rotatable bonds is 7. The van der Waals surface area contributed by atoms with Gasteiger partial charge in [-0.2, -0.15) is 0 Å². The number of benzene rings is 2. The van der Waals surface area contributed by atoms with E-state index in [0.29, 0.717) is 28.4 Å².